The number of methoxy groups -OCH3 is 1. The second-order valence-electron chi connectivity index (χ2n) is 5.15. The average molecular weight is 336 g/mol. The topological polar surface area (TPSA) is 94.2 Å². The van der Waals surface area contributed by atoms with E-state index < -0.39 is 18.0 Å². The van der Waals surface area contributed by atoms with Crippen molar-refractivity contribution in [1.82, 2.24) is 5.32 Å². The van der Waals surface area contributed by atoms with Crippen molar-refractivity contribution in [2.24, 2.45) is 0 Å². The monoisotopic (exact) mass is 336 g/mol. The maximum absolute atomic E-state index is 12.0. The minimum atomic E-state index is -0.958. The Labute approximate surface area is 139 Å². The predicted molar refractivity (Wildman–Crippen MR) is 84.7 cm³/mol. The van der Waals surface area contributed by atoms with Crippen LogP contribution in [0.1, 0.15) is 6.92 Å². The number of hydrogen-bond donors (Lipinski definition) is 1. The number of nitrogens with zero attached hydrogens (tertiary/aromatic N) is 1. The van der Waals surface area contributed by atoms with Gasteiger partial charge in [0.2, 0.25) is 0 Å². The van der Waals surface area contributed by atoms with Gasteiger partial charge in [0.15, 0.2) is 12.7 Å². The Morgan fingerprint density at radius 3 is 2.88 bits per heavy atom. The van der Waals surface area contributed by atoms with Crippen molar-refractivity contribution in [1.29, 1.82) is 0 Å². The van der Waals surface area contributed by atoms with Crippen LogP contribution in [-0.2, 0) is 23.9 Å². The van der Waals surface area contributed by atoms with Gasteiger partial charge in [-0.3, -0.25) is 19.3 Å². The van der Waals surface area contributed by atoms with Gasteiger partial charge in [0, 0.05) is 13.7 Å². The Kier molecular flexibility index (Phi) is 6.14. The van der Waals surface area contributed by atoms with Gasteiger partial charge in [-0.25, -0.2) is 0 Å². The molecular weight excluding hydrogens is 316 g/mol. The lowest BCUT2D eigenvalue weighted by atomic mass is 10.2. The van der Waals surface area contributed by atoms with Gasteiger partial charge in [0.1, 0.15) is 12.3 Å². The first-order valence-electron chi connectivity index (χ1n) is 7.51. The van der Waals surface area contributed by atoms with Gasteiger partial charge in [0.25, 0.3) is 11.8 Å². The highest BCUT2D eigenvalue weighted by molar-refractivity contribution is 6.01. The van der Waals surface area contributed by atoms with Crippen LogP contribution in [0.25, 0.3) is 0 Å². The molecule has 2 amide bonds. The van der Waals surface area contributed by atoms with E-state index in [2.05, 4.69) is 5.32 Å². The molecular formula is C16H20N2O6. The highest BCUT2D eigenvalue weighted by Gasteiger charge is 2.28. The Hall–Kier alpha value is -2.61. The summed E-state index contributed by atoms with van der Waals surface area (Å²) < 4.78 is 15.2. The number of fused-ring (bicyclic) bond motifs is 1. The summed E-state index contributed by atoms with van der Waals surface area (Å²) in [5, 5.41) is 2.58. The summed E-state index contributed by atoms with van der Waals surface area (Å²) in [6.07, 6.45) is -0.958. The number of hydrogen-bond acceptors (Lipinski definition) is 6. The van der Waals surface area contributed by atoms with Gasteiger partial charge < -0.3 is 19.5 Å². The maximum atomic E-state index is 12.0. The van der Waals surface area contributed by atoms with Gasteiger partial charge >= 0.3 is 5.97 Å². The lowest BCUT2D eigenvalue weighted by Gasteiger charge is -2.28. The predicted octanol–water partition coefficient (Wildman–Crippen LogP) is 0.106. The summed E-state index contributed by atoms with van der Waals surface area (Å²) in [4.78, 5) is 37.1. The van der Waals surface area contributed by atoms with E-state index in [9.17, 15) is 14.4 Å². The zero-order chi connectivity index (χ0) is 17.5. The molecule has 0 saturated heterocycles. The number of benzene rings is 1. The fourth-order valence-corrected chi connectivity index (χ4v) is 2.16. The largest absolute Gasteiger partial charge is 0.482 e. The summed E-state index contributed by atoms with van der Waals surface area (Å²) in [6, 6.07) is 6.91. The molecule has 0 aromatic heterocycles. The molecule has 0 aliphatic carbocycles. The number of carbonyl (C=O) groups is 3. The fraction of sp³-hybridized carbons (Fsp3) is 0.438. The molecule has 1 aromatic carbocycles. The molecule has 130 valence electrons. The first kappa shape index (κ1) is 17.7. The minimum absolute atomic E-state index is 0.142. The Morgan fingerprint density at radius 1 is 1.38 bits per heavy atom. The summed E-state index contributed by atoms with van der Waals surface area (Å²) in [6.45, 7) is 1.74. The van der Waals surface area contributed by atoms with Crippen molar-refractivity contribution >= 4 is 23.5 Å². The van der Waals surface area contributed by atoms with Crippen LogP contribution in [0.4, 0.5) is 5.69 Å². The number of para-hydroxylation sites is 2. The fourth-order valence-electron chi connectivity index (χ4n) is 2.16. The van der Waals surface area contributed by atoms with Gasteiger partial charge in [-0.05, 0) is 19.1 Å². The molecule has 0 radical (unpaired) electrons. The van der Waals surface area contributed by atoms with Crippen molar-refractivity contribution in [2.45, 2.75) is 13.0 Å². The highest BCUT2D eigenvalue weighted by atomic mass is 16.5. The number of ether oxygens (including phenoxy) is 3. The zero-order valence-electron chi connectivity index (χ0n) is 13.6. The number of esters is 1. The highest BCUT2D eigenvalue weighted by Crippen LogP contribution is 2.31. The van der Waals surface area contributed by atoms with E-state index in [-0.39, 0.29) is 19.1 Å². The molecule has 24 heavy (non-hydrogen) atoms. The van der Waals surface area contributed by atoms with Crippen LogP contribution < -0.4 is 15.0 Å². The molecule has 8 nitrogen and oxygen atoms in total. The van der Waals surface area contributed by atoms with Crippen molar-refractivity contribution < 1.29 is 28.6 Å². The van der Waals surface area contributed by atoms with Gasteiger partial charge in [-0.1, -0.05) is 12.1 Å². The molecule has 1 unspecified atom stereocenters. The van der Waals surface area contributed by atoms with E-state index in [1.807, 2.05) is 0 Å². The standard InChI is InChI=1S/C16H20N2O6/c1-11(16(21)17-7-8-22-2)24-15(20)9-18-12-5-3-4-6-13(12)23-10-14(18)19/h3-6,11H,7-10H2,1-2H3,(H,17,21). The molecule has 1 aliphatic rings. The lowest BCUT2D eigenvalue weighted by Crippen LogP contribution is -2.44. The smallest absolute Gasteiger partial charge is 0.326 e. The molecule has 1 aliphatic heterocycles. The van der Waals surface area contributed by atoms with Gasteiger partial charge in [-0.2, -0.15) is 0 Å². The molecule has 2 rings (SSSR count). The van der Waals surface area contributed by atoms with Crippen LogP contribution in [0.15, 0.2) is 24.3 Å². The first-order chi connectivity index (χ1) is 11.5. The quantitative estimate of drug-likeness (QED) is 0.561. The molecule has 1 heterocycles. The van der Waals surface area contributed by atoms with Crippen LogP contribution in [0, 0.1) is 0 Å². The Bertz CT molecular complexity index is 618. The van der Waals surface area contributed by atoms with Crippen molar-refractivity contribution in [2.75, 3.05) is 38.3 Å². The van der Waals surface area contributed by atoms with Crippen LogP contribution >= 0.6 is 0 Å². The number of nitrogens with one attached hydrogen (secondary N) is 1. The summed E-state index contributed by atoms with van der Waals surface area (Å²) in [5.41, 5.74) is 0.503. The van der Waals surface area contributed by atoms with E-state index >= 15 is 0 Å². The van der Waals surface area contributed by atoms with E-state index in [1.54, 1.807) is 24.3 Å². The molecule has 0 spiro atoms. The van der Waals surface area contributed by atoms with Crippen LogP contribution in [0.5, 0.6) is 5.75 Å². The van der Waals surface area contributed by atoms with Crippen LogP contribution in [-0.4, -0.2) is 57.3 Å². The van der Waals surface area contributed by atoms with E-state index in [4.69, 9.17) is 14.2 Å². The SMILES string of the molecule is COCCNC(=O)C(C)OC(=O)CN1C(=O)COc2ccccc21. The van der Waals surface area contributed by atoms with Gasteiger partial charge in [-0.15, -0.1) is 0 Å². The molecule has 0 fully saturated rings. The molecule has 1 aromatic rings. The number of carbonyl (C=O) groups excluding carboxylic acids is 3. The summed E-state index contributed by atoms with van der Waals surface area (Å²) in [5.74, 6) is -0.915. The molecule has 0 saturated carbocycles. The van der Waals surface area contributed by atoms with E-state index in [0.29, 0.717) is 24.6 Å². The summed E-state index contributed by atoms with van der Waals surface area (Å²) >= 11 is 0. The number of anilines is 1. The third-order valence-corrected chi connectivity index (χ3v) is 3.38. The minimum Gasteiger partial charge on any atom is -0.482 e. The normalized spacial score (nSPS) is 14.4. The van der Waals surface area contributed by atoms with Crippen LogP contribution in [0.2, 0.25) is 0 Å². The van der Waals surface area contributed by atoms with Crippen LogP contribution in [0.3, 0.4) is 0 Å². The second kappa shape index (κ2) is 8.30. The number of amides is 2. The molecule has 0 bridgehead atoms. The maximum Gasteiger partial charge on any atom is 0.326 e. The van der Waals surface area contributed by atoms with E-state index in [0.717, 1.165) is 0 Å². The number of rotatable bonds is 7. The lowest BCUT2D eigenvalue weighted by molar-refractivity contribution is -0.154. The van der Waals surface area contributed by atoms with Crippen molar-refractivity contribution in [3.05, 3.63) is 24.3 Å². The van der Waals surface area contributed by atoms with E-state index in [1.165, 1.54) is 18.9 Å². The first-order valence-corrected chi connectivity index (χ1v) is 7.51. The Balaban J connectivity index is 1.92. The van der Waals surface area contributed by atoms with Crippen molar-refractivity contribution in [3.63, 3.8) is 0 Å². The molecule has 8 heteroatoms. The molecule has 1 N–H and O–H groups in total. The molecule has 1 atom stereocenters. The average Bonchev–Trinajstić information content (AvgIpc) is 2.57. The van der Waals surface area contributed by atoms with Gasteiger partial charge in [0.05, 0.1) is 12.3 Å². The second-order valence-corrected chi connectivity index (χ2v) is 5.15. The zero-order valence-corrected chi connectivity index (χ0v) is 13.6. The van der Waals surface area contributed by atoms with Crippen molar-refractivity contribution in [3.8, 4) is 5.75 Å². The third kappa shape index (κ3) is 4.45. The summed E-state index contributed by atoms with van der Waals surface area (Å²) in [7, 11) is 1.52. The Morgan fingerprint density at radius 2 is 2.12 bits per heavy atom. The third-order valence-electron chi connectivity index (χ3n) is 3.38.